The first-order valence-corrected chi connectivity index (χ1v) is 9.35. The minimum Gasteiger partial charge on any atom is -0.288 e. The minimum absolute atomic E-state index is 0.00505. The van der Waals surface area contributed by atoms with Gasteiger partial charge in [-0.05, 0) is 42.7 Å². The van der Waals surface area contributed by atoms with Crippen LogP contribution in [0.3, 0.4) is 0 Å². The van der Waals surface area contributed by atoms with Gasteiger partial charge in [0.15, 0.2) is 17.4 Å². The Hall–Kier alpha value is -2.85. The van der Waals surface area contributed by atoms with Gasteiger partial charge in [0.25, 0.3) is 0 Å². The average molecular weight is 409 g/mol. The molecule has 10 heteroatoms. The maximum Gasteiger partial charge on any atom is 0.201 e. The van der Waals surface area contributed by atoms with E-state index in [0.29, 0.717) is 17.0 Å². The molecule has 0 amide bonds. The summed E-state index contributed by atoms with van der Waals surface area (Å²) in [6, 6.07) is 4.88. The average Bonchev–Trinajstić information content (AvgIpc) is 2.68. The zero-order valence-corrected chi connectivity index (χ0v) is 15.2. The van der Waals surface area contributed by atoms with E-state index in [1.54, 1.807) is 0 Å². The highest BCUT2D eigenvalue weighted by Crippen LogP contribution is 2.25. The summed E-state index contributed by atoms with van der Waals surface area (Å²) in [4.78, 5) is 20.5. The Labute approximate surface area is 159 Å². The number of hydrogen-bond acceptors (Lipinski definition) is 5. The van der Waals surface area contributed by atoms with Crippen LogP contribution in [0.1, 0.15) is 27.9 Å². The van der Waals surface area contributed by atoms with Crippen molar-refractivity contribution in [3.05, 3.63) is 70.9 Å². The van der Waals surface area contributed by atoms with E-state index in [1.807, 2.05) is 0 Å². The number of ketones is 1. The topological polar surface area (TPSA) is 89.0 Å². The molecule has 0 saturated carbocycles. The van der Waals surface area contributed by atoms with Gasteiger partial charge in [-0.25, -0.2) is 36.3 Å². The highest BCUT2D eigenvalue weighted by atomic mass is 32.2. The SMILES string of the molecule is O=C(c1ccc2ncncc2c1)c1c(F)c(F)cc(CCCN[SH](=O)=O)c1F. The van der Waals surface area contributed by atoms with Crippen LogP contribution in [0.25, 0.3) is 10.9 Å². The van der Waals surface area contributed by atoms with Gasteiger partial charge in [0.1, 0.15) is 12.1 Å². The molecule has 0 saturated heterocycles. The number of benzene rings is 2. The van der Waals surface area contributed by atoms with E-state index < -0.39 is 39.7 Å². The first-order valence-electron chi connectivity index (χ1n) is 8.17. The fourth-order valence-electron chi connectivity index (χ4n) is 2.76. The molecule has 1 heterocycles. The summed E-state index contributed by atoms with van der Waals surface area (Å²) in [5.41, 5.74) is -0.707. The second kappa shape index (κ2) is 8.44. The summed E-state index contributed by atoms with van der Waals surface area (Å²) in [7, 11) is -2.80. The third kappa shape index (κ3) is 4.18. The molecule has 0 aliphatic heterocycles. The zero-order valence-electron chi connectivity index (χ0n) is 14.3. The Morgan fingerprint density at radius 1 is 1.11 bits per heavy atom. The smallest absolute Gasteiger partial charge is 0.201 e. The second-order valence-electron chi connectivity index (χ2n) is 5.91. The summed E-state index contributed by atoms with van der Waals surface area (Å²) in [6.45, 7) is 0.00505. The van der Waals surface area contributed by atoms with Crippen molar-refractivity contribution in [3.63, 3.8) is 0 Å². The first kappa shape index (κ1) is 19.9. The number of rotatable bonds is 7. The van der Waals surface area contributed by atoms with Gasteiger partial charge in [-0.3, -0.25) is 4.79 Å². The van der Waals surface area contributed by atoms with Crippen LogP contribution < -0.4 is 4.72 Å². The fraction of sp³-hybridized carbons (Fsp3) is 0.167. The minimum atomic E-state index is -2.80. The number of nitrogens with one attached hydrogen (secondary N) is 1. The molecule has 2 aromatic carbocycles. The Kier molecular flexibility index (Phi) is 6.00. The van der Waals surface area contributed by atoms with Crippen molar-refractivity contribution in [2.45, 2.75) is 12.8 Å². The summed E-state index contributed by atoms with van der Waals surface area (Å²) >= 11 is 0. The van der Waals surface area contributed by atoms with Crippen molar-refractivity contribution < 1.29 is 26.4 Å². The Bertz CT molecular complexity index is 1130. The fourth-order valence-corrected chi connectivity index (χ4v) is 3.10. The van der Waals surface area contributed by atoms with Crippen molar-refractivity contribution in [1.29, 1.82) is 0 Å². The molecule has 0 atom stereocenters. The molecule has 146 valence electrons. The lowest BCUT2D eigenvalue weighted by Crippen LogP contribution is -2.15. The lowest BCUT2D eigenvalue weighted by molar-refractivity contribution is 0.102. The Morgan fingerprint density at radius 2 is 1.89 bits per heavy atom. The lowest BCUT2D eigenvalue weighted by atomic mass is 9.97. The third-order valence-electron chi connectivity index (χ3n) is 4.09. The van der Waals surface area contributed by atoms with Crippen molar-refractivity contribution in [2.24, 2.45) is 0 Å². The Balaban J connectivity index is 1.95. The van der Waals surface area contributed by atoms with Gasteiger partial charge in [-0.15, -0.1) is 0 Å². The quantitative estimate of drug-likeness (QED) is 0.271. The van der Waals surface area contributed by atoms with Crippen LogP contribution >= 0.6 is 0 Å². The van der Waals surface area contributed by atoms with E-state index in [9.17, 15) is 26.4 Å². The molecule has 0 aliphatic rings. The molecule has 0 aliphatic carbocycles. The summed E-state index contributed by atoms with van der Waals surface area (Å²) < 4.78 is 66.0. The van der Waals surface area contributed by atoms with Gasteiger partial charge in [0.05, 0.1) is 11.1 Å². The molecule has 0 spiro atoms. The number of thiol groups is 1. The monoisotopic (exact) mass is 409 g/mol. The molecule has 3 aromatic rings. The number of hydrogen-bond donors (Lipinski definition) is 2. The number of aryl methyl sites for hydroxylation is 1. The van der Waals surface area contributed by atoms with Crippen LogP contribution in [0, 0.1) is 17.5 Å². The molecule has 1 aromatic heterocycles. The number of aromatic nitrogens is 2. The van der Waals surface area contributed by atoms with E-state index in [1.165, 1.54) is 30.7 Å². The zero-order chi connectivity index (χ0) is 20.3. The first-order chi connectivity index (χ1) is 13.4. The highest BCUT2D eigenvalue weighted by molar-refractivity contribution is 7.70. The predicted molar refractivity (Wildman–Crippen MR) is 95.9 cm³/mol. The van der Waals surface area contributed by atoms with Crippen LogP contribution in [0.2, 0.25) is 0 Å². The molecule has 6 nitrogen and oxygen atoms in total. The lowest BCUT2D eigenvalue weighted by Gasteiger charge is -2.11. The van der Waals surface area contributed by atoms with E-state index in [0.717, 1.165) is 0 Å². The third-order valence-corrected chi connectivity index (χ3v) is 4.57. The normalized spacial score (nSPS) is 11.3. The highest BCUT2D eigenvalue weighted by Gasteiger charge is 2.25. The predicted octanol–water partition coefficient (Wildman–Crippen LogP) is 2.33. The van der Waals surface area contributed by atoms with Gasteiger partial charge in [-0.1, -0.05) is 0 Å². The van der Waals surface area contributed by atoms with Crippen LogP contribution in [0.15, 0.2) is 36.8 Å². The standard InChI is InChI=1S/C18H14F3N3O3S/c19-13-7-10(2-1-5-24-28(26)27)16(20)15(17(13)21)18(25)11-3-4-14-12(6-11)8-22-9-23-14/h3-4,6-9,28H,1-2,5H2,(H,24,26,27). The van der Waals surface area contributed by atoms with Gasteiger partial charge < -0.3 is 0 Å². The summed E-state index contributed by atoms with van der Waals surface area (Å²) in [5.74, 6) is -5.11. The number of halogens is 3. The van der Waals surface area contributed by atoms with Crippen molar-refractivity contribution in [2.75, 3.05) is 6.54 Å². The molecule has 0 radical (unpaired) electrons. The summed E-state index contributed by atoms with van der Waals surface area (Å²) in [6.07, 6.45) is 2.83. The van der Waals surface area contributed by atoms with Crippen LogP contribution in [-0.4, -0.2) is 30.7 Å². The number of nitrogens with zero attached hydrogens (tertiary/aromatic N) is 2. The number of carbonyl (C=O) groups is 1. The molecular weight excluding hydrogens is 395 g/mol. The van der Waals surface area contributed by atoms with Crippen molar-refractivity contribution in [1.82, 2.24) is 14.7 Å². The molecule has 0 unspecified atom stereocenters. The van der Waals surface area contributed by atoms with Gasteiger partial charge in [0, 0.05) is 23.7 Å². The summed E-state index contributed by atoms with van der Waals surface area (Å²) in [5, 5.41) is 0.489. The van der Waals surface area contributed by atoms with Crippen LogP contribution in [-0.2, 0) is 17.3 Å². The van der Waals surface area contributed by atoms with Crippen LogP contribution in [0.5, 0.6) is 0 Å². The van der Waals surface area contributed by atoms with Gasteiger partial charge >= 0.3 is 0 Å². The Morgan fingerprint density at radius 3 is 2.64 bits per heavy atom. The largest absolute Gasteiger partial charge is 0.288 e. The molecule has 0 bridgehead atoms. The maximum absolute atomic E-state index is 14.8. The van der Waals surface area contributed by atoms with E-state index in [4.69, 9.17) is 0 Å². The molecule has 3 rings (SSSR count). The number of fused-ring (bicyclic) bond motifs is 1. The molecular formula is C18H14F3N3O3S. The van der Waals surface area contributed by atoms with Crippen molar-refractivity contribution >= 4 is 27.6 Å². The van der Waals surface area contributed by atoms with Gasteiger partial charge in [0.2, 0.25) is 10.9 Å². The molecule has 28 heavy (non-hydrogen) atoms. The molecule has 1 N–H and O–H groups in total. The van der Waals surface area contributed by atoms with E-state index >= 15 is 0 Å². The van der Waals surface area contributed by atoms with Gasteiger partial charge in [-0.2, -0.15) is 0 Å². The number of carbonyl (C=O) groups excluding carboxylic acids is 1. The van der Waals surface area contributed by atoms with Crippen LogP contribution in [0.4, 0.5) is 13.2 Å². The van der Waals surface area contributed by atoms with Crippen molar-refractivity contribution in [3.8, 4) is 0 Å². The molecule has 0 fully saturated rings. The van der Waals surface area contributed by atoms with E-state index in [2.05, 4.69) is 14.7 Å². The van der Waals surface area contributed by atoms with E-state index in [-0.39, 0.29) is 30.5 Å². The second-order valence-corrected chi connectivity index (χ2v) is 6.75. The maximum atomic E-state index is 14.8.